The highest BCUT2D eigenvalue weighted by Gasteiger charge is 2.29. The van der Waals surface area contributed by atoms with E-state index in [-0.39, 0.29) is 5.91 Å². The lowest BCUT2D eigenvalue weighted by molar-refractivity contribution is 0.0969. The Labute approximate surface area is 165 Å². The number of fused-ring (bicyclic) bond motifs is 1. The molecule has 0 aromatic heterocycles. The number of anilines is 1. The molecule has 6 nitrogen and oxygen atoms in total. The van der Waals surface area contributed by atoms with Gasteiger partial charge in [0, 0.05) is 23.4 Å². The van der Waals surface area contributed by atoms with Crippen LogP contribution in [0.5, 0.6) is 17.2 Å². The zero-order valence-corrected chi connectivity index (χ0v) is 16.6. The number of aliphatic hydroxyl groups excluding tert-OH is 1. The lowest BCUT2D eigenvalue weighted by atomic mass is 9.98. The summed E-state index contributed by atoms with van der Waals surface area (Å²) in [7, 11) is 0. The van der Waals surface area contributed by atoms with Gasteiger partial charge in [-0.25, -0.2) is 0 Å². The molecule has 6 heteroatoms. The van der Waals surface area contributed by atoms with E-state index in [1.807, 2.05) is 45.0 Å². The number of hydrogen-bond donors (Lipinski definition) is 1. The summed E-state index contributed by atoms with van der Waals surface area (Å²) >= 11 is 0. The van der Waals surface area contributed by atoms with E-state index in [9.17, 15) is 9.90 Å². The van der Waals surface area contributed by atoms with Crippen LogP contribution in [0.15, 0.2) is 36.4 Å². The number of aliphatic hydroxyl groups is 1. The average Bonchev–Trinajstić information content (AvgIpc) is 2.70. The Morgan fingerprint density at radius 1 is 1.04 bits per heavy atom. The number of benzene rings is 2. The highest BCUT2D eigenvalue weighted by atomic mass is 16.5. The van der Waals surface area contributed by atoms with Gasteiger partial charge in [0.1, 0.15) is 0 Å². The lowest BCUT2D eigenvalue weighted by Crippen LogP contribution is -2.36. The zero-order valence-electron chi connectivity index (χ0n) is 16.6. The van der Waals surface area contributed by atoms with E-state index < -0.39 is 6.10 Å². The van der Waals surface area contributed by atoms with Crippen LogP contribution in [0.1, 0.15) is 49.2 Å². The van der Waals surface area contributed by atoms with Gasteiger partial charge in [-0.3, -0.25) is 4.79 Å². The third-order valence-corrected chi connectivity index (χ3v) is 4.61. The number of para-hydroxylation sites is 1. The molecule has 0 spiro atoms. The zero-order chi connectivity index (χ0) is 20.1. The molecule has 0 bridgehead atoms. The number of rotatable bonds is 7. The summed E-state index contributed by atoms with van der Waals surface area (Å²) in [5.74, 6) is 1.33. The third kappa shape index (κ3) is 3.92. The molecule has 0 saturated heterocycles. The summed E-state index contributed by atoms with van der Waals surface area (Å²) in [6.07, 6.45) is -0.0605. The first-order chi connectivity index (χ1) is 13.6. The first kappa shape index (κ1) is 20.0. The van der Waals surface area contributed by atoms with Crippen molar-refractivity contribution in [2.24, 2.45) is 0 Å². The molecule has 0 aliphatic carbocycles. The van der Waals surface area contributed by atoms with Crippen LogP contribution in [-0.4, -0.2) is 37.4 Å². The van der Waals surface area contributed by atoms with Crippen molar-refractivity contribution in [2.75, 3.05) is 31.3 Å². The van der Waals surface area contributed by atoms with Gasteiger partial charge in [0.25, 0.3) is 5.91 Å². The quantitative estimate of drug-likeness (QED) is 0.781. The smallest absolute Gasteiger partial charge is 0.258 e. The fourth-order valence-electron chi connectivity index (χ4n) is 3.42. The minimum atomic E-state index is -0.557. The van der Waals surface area contributed by atoms with Crippen LogP contribution in [0.3, 0.4) is 0 Å². The van der Waals surface area contributed by atoms with Gasteiger partial charge in [-0.05, 0) is 45.4 Å². The molecule has 28 heavy (non-hydrogen) atoms. The van der Waals surface area contributed by atoms with Crippen LogP contribution >= 0.6 is 0 Å². The predicted molar refractivity (Wildman–Crippen MR) is 108 cm³/mol. The van der Waals surface area contributed by atoms with Crippen molar-refractivity contribution in [3.63, 3.8) is 0 Å². The summed E-state index contributed by atoms with van der Waals surface area (Å²) in [5.41, 5.74) is 1.96. The Bertz CT molecular complexity index is 808. The monoisotopic (exact) mass is 385 g/mol. The molecular weight excluding hydrogens is 358 g/mol. The van der Waals surface area contributed by atoms with Gasteiger partial charge in [0.15, 0.2) is 11.5 Å². The maximum Gasteiger partial charge on any atom is 0.258 e. The Kier molecular flexibility index (Phi) is 6.41. The molecule has 1 amide bonds. The second-order valence-corrected chi connectivity index (χ2v) is 6.42. The van der Waals surface area contributed by atoms with Crippen LogP contribution in [0.25, 0.3) is 0 Å². The molecule has 1 atom stereocenters. The van der Waals surface area contributed by atoms with E-state index in [0.717, 1.165) is 11.3 Å². The summed E-state index contributed by atoms with van der Waals surface area (Å²) < 4.78 is 17.2. The maximum absolute atomic E-state index is 13.3. The summed E-state index contributed by atoms with van der Waals surface area (Å²) in [6.45, 7) is 7.45. The normalized spacial score (nSPS) is 15.7. The third-order valence-electron chi connectivity index (χ3n) is 4.61. The van der Waals surface area contributed by atoms with E-state index in [0.29, 0.717) is 55.6 Å². The van der Waals surface area contributed by atoms with Gasteiger partial charge in [-0.1, -0.05) is 18.2 Å². The van der Waals surface area contributed by atoms with Crippen molar-refractivity contribution in [2.45, 2.75) is 33.3 Å². The fraction of sp³-hybridized carbons (Fsp3) is 0.409. The van der Waals surface area contributed by atoms with Crippen molar-refractivity contribution in [1.29, 1.82) is 0 Å². The Balaban J connectivity index is 2.03. The number of carbonyl (C=O) groups is 1. The fourth-order valence-corrected chi connectivity index (χ4v) is 3.42. The minimum absolute atomic E-state index is 0.163. The van der Waals surface area contributed by atoms with Crippen LogP contribution in [0.4, 0.5) is 5.69 Å². The molecular formula is C22H27NO5. The van der Waals surface area contributed by atoms with E-state index in [1.165, 1.54) is 0 Å². The predicted octanol–water partition coefficient (Wildman–Crippen LogP) is 3.97. The van der Waals surface area contributed by atoms with Crippen LogP contribution in [-0.2, 0) is 0 Å². The van der Waals surface area contributed by atoms with E-state index >= 15 is 0 Å². The molecule has 2 aromatic carbocycles. The van der Waals surface area contributed by atoms with Crippen molar-refractivity contribution >= 4 is 11.6 Å². The first-order valence-electron chi connectivity index (χ1n) is 9.75. The lowest BCUT2D eigenvalue weighted by Gasteiger charge is -2.32. The van der Waals surface area contributed by atoms with Gasteiger partial charge in [0.2, 0.25) is 5.75 Å². The van der Waals surface area contributed by atoms with Crippen molar-refractivity contribution < 1.29 is 24.1 Å². The highest BCUT2D eigenvalue weighted by Crippen LogP contribution is 2.40. The van der Waals surface area contributed by atoms with Crippen LogP contribution in [0, 0.1) is 0 Å². The highest BCUT2D eigenvalue weighted by molar-refractivity contribution is 6.07. The molecule has 1 aliphatic heterocycles. The number of ether oxygens (including phenoxy) is 3. The molecule has 0 fully saturated rings. The molecule has 2 aromatic rings. The van der Waals surface area contributed by atoms with Gasteiger partial charge in [0.05, 0.1) is 25.9 Å². The van der Waals surface area contributed by atoms with Crippen LogP contribution < -0.4 is 19.1 Å². The largest absolute Gasteiger partial charge is 0.490 e. The molecule has 0 radical (unpaired) electrons. The van der Waals surface area contributed by atoms with E-state index in [4.69, 9.17) is 14.2 Å². The molecule has 150 valence electrons. The second kappa shape index (κ2) is 8.97. The van der Waals surface area contributed by atoms with Crippen molar-refractivity contribution in [3.8, 4) is 17.2 Å². The number of hydrogen-bond acceptors (Lipinski definition) is 5. The number of amides is 1. The van der Waals surface area contributed by atoms with Crippen LogP contribution in [0.2, 0.25) is 0 Å². The van der Waals surface area contributed by atoms with Crippen molar-refractivity contribution in [3.05, 3.63) is 47.5 Å². The molecule has 1 aliphatic rings. The molecule has 1 N–H and O–H groups in total. The topological polar surface area (TPSA) is 68.2 Å². The Morgan fingerprint density at radius 2 is 1.64 bits per heavy atom. The van der Waals surface area contributed by atoms with E-state index in [2.05, 4.69) is 0 Å². The van der Waals surface area contributed by atoms with Gasteiger partial charge >= 0.3 is 0 Å². The van der Waals surface area contributed by atoms with E-state index in [1.54, 1.807) is 17.0 Å². The summed E-state index contributed by atoms with van der Waals surface area (Å²) in [4.78, 5) is 15.0. The molecule has 1 heterocycles. The number of carbonyl (C=O) groups excluding carboxylic acids is 1. The van der Waals surface area contributed by atoms with Gasteiger partial charge in [-0.15, -0.1) is 0 Å². The number of nitrogens with zero attached hydrogens (tertiary/aromatic N) is 1. The standard InChI is InChI=1S/C22H27NO5/c1-4-26-19-13-15(14-20(27-5-2)21(19)28-6-3)22(25)23-12-11-18(24)16-9-7-8-10-17(16)23/h7-10,13-14,18,24H,4-6,11-12H2,1-3H3. The molecule has 0 saturated carbocycles. The van der Waals surface area contributed by atoms with Gasteiger partial charge < -0.3 is 24.2 Å². The van der Waals surface area contributed by atoms with Gasteiger partial charge in [-0.2, -0.15) is 0 Å². The second-order valence-electron chi connectivity index (χ2n) is 6.42. The molecule has 1 unspecified atom stereocenters. The molecule has 3 rings (SSSR count). The SMILES string of the molecule is CCOc1cc(C(=O)N2CCC(O)c3ccccc32)cc(OCC)c1OCC. The maximum atomic E-state index is 13.3. The van der Waals surface area contributed by atoms with Crippen molar-refractivity contribution in [1.82, 2.24) is 0 Å². The summed E-state index contributed by atoms with van der Waals surface area (Å²) in [6, 6.07) is 10.9. The Hall–Kier alpha value is -2.73. The minimum Gasteiger partial charge on any atom is -0.490 e. The first-order valence-corrected chi connectivity index (χ1v) is 9.75. The average molecular weight is 385 g/mol. The Morgan fingerprint density at radius 3 is 2.25 bits per heavy atom. The summed E-state index contributed by atoms with van der Waals surface area (Å²) in [5, 5.41) is 10.3.